The van der Waals surface area contributed by atoms with Crippen LogP contribution in [-0.4, -0.2) is 48.1 Å². The average molecular weight is 197 g/mol. The van der Waals surface area contributed by atoms with E-state index in [9.17, 15) is 4.79 Å². The molecule has 2 aliphatic heterocycles. The van der Waals surface area contributed by atoms with Gasteiger partial charge in [-0.05, 0) is 26.3 Å². The minimum Gasteiger partial charge on any atom is -0.315 e. The minimum atomic E-state index is 0.290. The molecule has 2 fully saturated rings. The maximum atomic E-state index is 11.5. The summed E-state index contributed by atoms with van der Waals surface area (Å²) in [6.45, 7) is 5.94. The lowest BCUT2D eigenvalue weighted by molar-refractivity contribution is -0.140. The third-order valence-electron chi connectivity index (χ3n) is 3.14. The second-order valence-electron chi connectivity index (χ2n) is 4.02. The van der Waals surface area contributed by atoms with Crippen LogP contribution in [0.5, 0.6) is 0 Å². The predicted molar refractivity (Wildman–Crippen MR) is 54.6 cm³/mol. The first-order chi connectivity index (χ1) is 6.83. The fourth-order valence-electron chi connectivity index (χ4n) is 2.43. The molecule has 0 spiro atoms. The van der Waals surface area contributed by atoms with Crippen molar-refractivity contribution in [1.82, 2.24) is 15.3 Å². The molecule has 0 aromatic rings. The van der Waals surface area contributed by atoms with Crippen molar-refractivity contribution in [3.8, 4) is 0 Å². The molecular formula is C10H19N3O. The third kappa shape index (κ3) is 1.77. The van der Waals surface area contributed by atoms with E-state index in [1.54, 1.807) is 0 Å². The summed E-state index contributed by atoms with van der Waals surface area (Å²) < 4.78 is 0. The maximum Gasteiger partial charge on any atom is 0.238 e. The Kier molecular flexibility index (Phi) is 3.03. The van der Waals surface area contributed by atoms with Crippen LogP contribution in [0.2, 0.25) is 0 Å². The van der Waals surface area contributed by atoms with Gasteiger partial charge in [-0.3, -0.25) is 9.80 Å². The number of piperidine rings is 1. The summed E-state index contributed by atoms with van der Waals surface area (Å²) in [5, 5.41) is 7.56. The fourth-order valence-corrected chi connectivity index (χ4v) is 2.43. The molecule has 4 nitrogen and oxygen atoms in total. The molecule has 2 heterocycles. The Hall–Kier alpha value is -0.610. The SMILES string of the molecule is CCN1C(=O)CCN1C1CCCNC1. The molecule has 1 N–H and O–H groups in total. The molecule has 0 aromatic heterocycles. The van der Waals surface area contributed by atoms with Gasteiger partial charge in [0.25, 0.3) is 0 Å². The Labute approximate surface area is 85.2 Å². The number of rotatable bonds is 2. The van der Waals surface area contributed by atoms with E-state index in [4.69, 9.17) is 0 Å². The minimum absolute atomic E-state index is 0.290. The summed E-state index contributed by atoms with van der Waals surface area (Å²) in [5.74, 6) is 0.290. The van der Waals surface area contributed by atoms with Gasteiger partial charge in [-0.25, -0.2) is 5.01 Å². The molecule has 1 amide bonds. The zero-order valence-corrected chi connectivity index (χ0v) is 8.83. The molecule has 0 aromatic carbocycles. The predicted octanol–water partition coefficient (Wildman–Crippen LogP) is 0.208. The molecule has 14 heavy (non-hydrogen) atoms. The lowest BCUT2D eigenvalue weighted by Gasteiger charge is -2.36. The average Bonchev–Trinajstić information content (AvgIpc) is 2.61. The lowest BCUT2D eigenvalue weighted by atomic mass is 10.1. The number of hydrogen-bond acceptors (Lipinski definition) is 3. The van der Waals surface area contributed by atoms with Crippen LogP contribution < -0.4 is 5.32 Å². The topological polar surface area (TPSA) is 35.6 Å². The van der Waals surface area contributed by atoms with Crippen LogP contribution in [-0.2, 0) is 4.79 Å². The van der Waals surface area contributed by atoms with E-state index in [2.05, 4.69) is 10.3 Å². The molecule has 0 bridgehead atoms. The van der Waals surface area contributed by atoms with Gasteiger partial charge in [-0.1, -0.05) is 0 Å². The zero-order valence-electron chi connectivity index (χ0n) is 8.83. The van der Waals surface area contributed by atoms with Gasteiger partial charge < -0.3 is 5.32 Å². The smallest absolute Gasteiger partial charge is 0.238 e. The van der Waals surface area contributed by atoms with Crippen molar-refractivity contribution in [1.29, 1.82) is 0 Å². The van der Waals surface area contributed by atoms with Gasteiger partial charge in [0.1, 0.15) is 0 Å². The largest absolute Gasteiger partial charge is 0.315 e. The summed E-state index contributed by atoms with van der Waals surface area (Å²) in [6.07, 6.45) is 3.15. The van der Waals surface area contributed by atoms with Crippen LogP contribution in [0.1, 0.15) is 26.2 Å². The first-order valence-corrected chi connectivity index (χ1v) is 5.60. The zero-order chi connectivity index (χ0) is 9.97. The first-order valence-electron chi connectivity index (χ1n) is 5.60. The summed E-state index contributed by atoms with van der Waals surface area (Å²) in [4.78, 5) is 11.5. The van der Waals surface area contributed by atoms with Crippen LogP contribution in [0.3, 0.4) is 0 Å². The van der Waals surface area contributed by atoms with Gasteiger partial charge in [-0.2, -0.15) is 0 Å². The van der Waals surface area contributed by atoms with Gasteiger partial charge in [0.05, 0.1) is 0 Å². The summed E-state index contributed by atoms with van der Waals surface area (Å²) in [6, 6.07) is 0.537. The Morgan fingerprint density at radius 3 is 3.07 bits per heavy atom. The van der Waals surface area contributed by atoms with Crippen LogP contribution >= 0.6 is 0 Å². The summed E-state index contributed by atoms with van der Waals surface area (Å²) >= 11 is 0. The van der Waals surface area contributed by atoms with Crippen molar-refractivity contribution >= 4 is 5.91 Å². The fraction of sp³-hybridized carbons (Fsp3) is 0.900. The number of nitrogens with zero attached hydrogens (tertiary/aromatic N) is 2. The summed E-state index contributed by atoms with van der Waals surface area (Å²) in [7, 11) is 0. The van der Waals surface area contributed by atoms with Gasteiger partial charge in [0, 0.05) is 32.1 Å². The Balaban J connectivity index is 1.98. The molecule has 0 aliphatic carbocycles. The Morgan fingerprint density at radius 1 is 1.57 bits per heavy atom. The van der Waals surface area contributed by atoms with Crippen molar-refractivity contribution in [2.24, 2.45) is 0 Å². The van der Waals surface area contributed by atoms with E-state index in [1.165, 1.54) is 12.8 Å². The van der Waals surface area contributed by atoms with Gasteiger partial charge in [0.2, 0.25) is 5.91 Å². The van der Waals surface area contributed by atoms with Gasteiger partial charge in [0.15, 0.2) is 0 Å². The molecule has 2 rings (SSSR count). The van der Waals surface area contributed by atoms with E-state index in [1.807, 2.05) is 11.9 Å². The van der Waals surface area contributed by atoms with E-state index in [0.29, 0.717) is 12.5 Å². The Bertz CT molecular complexity index is 213. The second-order valence-corrected chi connectivity index (χ2v) is 4.02. The van der Waals surface area contributed by atoms with Crippen molar-refractivity contribution < 1.29 is 4.79 Å². The van der Waals surface area contributed by atoms with Crippen molar-refractivity contribution in [3.05, 3.63) is 0 Å². The standard InChI is InChI=1S/C10H19N3O/c1-2-12-10(14)5-7-13(12)9-4-3-6-11-8-9/h9,11H,2-8H2,1H3. The molecule has 1 atom stereocenters. The van der Waals surface area contributed by atoms with E-state index < -0.39 is 0 Å². The highest BCUT2D eigenvalue weighted by molar-refractivity contribution is 5.77. The normalized spacial score (nSPS) is 29.9. The van der Waals surface area contributed by atoms with E-state index >= 15 is 0 Å². The highest BCUT2D eigenvalue weighted by atomic mass is 16.2. The van der Waals surface area contributed by atoms with Crippen molar-refractivity contribution in [2.75, 3.05) is 26.2 Å². The maximum absolute atomic E-state index is 11.5. The van der Waals surface area contributed by atoms with Gasteiger partial charge in [-0.15, -0.1) is 0 Å². The van der Waals surface area contributed by atoms with E-state index in [0.717, 1.165) is 26.2 Å². The molecule has 1 unspecified atom stereocenters. The monoisotopic (exact) mass is 197 g/mol. The number of amides is 1. The number of hydrazine groups is 1. The molecule has 80 valence electrons. The van der Waals surface area contributed by atoms with Crippen LogP contribution in [0.4, 0.5) is 0 Å². The Morgan fingerprint density at radius 2 is 2.43 bits per heavy atom. The quantitative estimate of drug-likeness (QED) is 0.687. The van der Waals surface area contributed by atoms with E-state index in [-0.39, 0.29) is 5.91 Å². The first kappa shape index (κ1) is 9.93. The highest BCUT2D eigenvalue weighted by Gasteiger charge is 2.33. The third-order valence-corrected chi connectivity index (χ3v) is 3.14. The van der Waals surface area contributed by atoms with Crippen LogP contribution in [0.15, 0.2) is 0 Å². The molecule has 0 radical (unpaired) electrons. The molecular weight excluding hydrogens is 178 g/mol. The number of nitrogens with one attached hydrogen (secondary N) is 1. The number of carbonyl (C=O) groups is 1. The molecule has 4 heteroatoms. The van der Waals surface area contributed by atoms with Crippen LogP contribution in [0, 0.1) is 0 Å². The van der Waals surface area contributed by atoms with Crippen LogP contribution in [0.25, 0.3) is 0 Å². The second kappa shape index (κ2) is 4.28. The highest BCUT2D eigenvalue weighted by Crippen LogP contribution is 2.19. The molecule has 2 aliphatic rings. The molecule has 0 saturated carbocycles. The number of carbonyl (C=O) groups excluding carboxylic acids is 1. The number of hydrogen-bond donors (Lipinski definition) is 1. The lowest BCUT2D eigenvalue weighted by Crippen LogP contribution is -2.51. The van der Waals surface area contributed by atoms with Crippen molar-refractivity contribution in [2.45, 2.75) is 32.2 Å². The summed E-state index contributed by atoms with van der Waals surface area (Å²) in [5.41, 5.74) is 0. The van der Waals surface area contributed by atoms with Crippen molar-refractivity contribution in [3.63, 3.8) is 0 Å². The van der Waals surface area contributed by atoms with Gasteiger partial charge >= 0.3 is 0 Å². The molecule has 2 saturated heterocycles.